The molecule has 160 valence electrons. The predicted octanol–water partition coefficient (Wildman–Crippen LogP) is 4.22. The van der Waals surface area contributed by atoms with Gasteiger partial charge in [-0.1, -0.05) is 32.9 Å². The molecule has 1 heterocycles. The van der Waals surface area contributed by atoms with Crippen LogP contribution in [0.1, 0.15) is 33.0 Å². The first-order chi connectivity index (χ1) is 14.4. The number of nitrogens with zero attached hydrogens (tertiary/aromatic N) is 2. The van der Waals surface area contributed by atoms with E-state index in [4.69, 9.17) is 14.5 Å². The lowest BCUT2D eigenvalue weighted by molar-refractivity contribution is -0.128. The zero-order valence-electron chi connectivity index (χ0n) is 18.3. The Balaban J connectivity index is 1.61. The molecule has 30 heavy (non-hydrogen) atoms. The molecule has 0 aliphatic heterocycles. The van der Waals surface area contributed by atoms with Gasteiger partial charge in [0.05, 0.1) is 24.7 Å². The molecule has 0 spiro atoms. The van der Waals surface area contributed by atoms with Crippen LogP contribution in [0.5, 0.6) is 11.5 Å². The molecular formula is C24H31N3O3. The topological polar surface area (TPSA) is 65.4 Å². The third kappa shape index (κ3) is 5.53. The Bertz CT molecular complexity index is 972. The third-order valence-corrected chi connectivity index (χ3v) is 4.92. The monoisotopic (exact) mass is 409 g/mol. The van der Waals surface area contributed by atoms with E-state index in [1.807, 2.05) is 63.2 Å². The minimum atomic E-state index is -0.369. The van der Waals surface area contributed by atoms with E-state index in [9.17, 15) is 4.79 Å². The number of benzene rings is 2. The van der Waals surface area contributed by atoms with E-state index in [0.29, 0.717) is 19.7 Å². The highest BCUT2D eigenvalue weighted by Gasteiger charge is 2.20. The van der Waals surface area contributed by atoms with Crippen molar-refractivity contribution >= 4 is 16.9 Å². The number of amides is 1. The number of hydrogen-bond acceptors (Lipinski definition) is 4. The van der Waals surface area contributed by atoms with Gasteiger partial charge in [-0.2, -0.15) is 0 Å². The van der Waals surface area contributed by atoms with E-state index in [-0.39, 0.29) is 11.3 Å². The van der Waals surface area contributed by atoms with Crippen molar-refractivity contribution in [2.24, 2.45) is 5.41 Å². The highest BCUT2D eigenvalue weighted by atomic mass is 16.5. The molecule has 0 unspecified atom stereocenters. The summed E-state index contributed by atoms with van der Waals surface area (Å²) in [6.07, 6.45) is 1.63. The Hall–Kier alpha value is -3.02. The maximum atomic E-state index is 12.0. The van der Waals surface area contributed by atoms with Gasteiger partial charge in [0.25, 0.3) is 0 Å². The normalized spacial score (nSPS) is 11.5. The average molecular weight is 410 g/mol. The van der Waals surface area contributed by atoms with Gasteiger partial charge in [-0.15, -0.1) is 0 Å². The lowest BCUT2D eigenvalue weighted by Crippen LogP contribution is -2.35. The smallest absolute Gasteiger partial charge is 0.225 e. The number of fused-ring (bicyclic) bond motifs is 1. The summed E-state index contributed by atoms with van der Waals surface area (Å²) >= 11 is 0. The van der Waals surface area contributed by atoms with Gasteiger partial charge in [0, 0.05) is 18.4 Å². The van der Waals surface area contributed by atoms with Crippen molar-refractivity contribution < 1.29 is 14.3 Å². The number of hydrogen-bond donors (Lipinski definition) is 1. The number of aryl methyl sites for hydroxylation is 1. The van der Waals surface area contributed by atoms with Crippen LogP contribution in [-0.4, -0.2) is 35.7 Å². The second-order valence-electron chi connectivity index (χ2n) is 8.30. The highest BCUT2D eigenvalue weighted by Crippen LogP contribution is 2.19. The maximum absolute atomic E-state index is 12.0. The summed E-state index contributed by atoms with van der Waals surface area (Å²) in [5, 5.41) is 3.01. The number of imidazole rings is 1. The van der Waals surface area contributed by atoms with Crippen molar-refractivity contribution in [1.29, 1.82) is 0 Å². The van der Waals surface area contributed by atoms with E-state index in [1.165, 1.54) is 0 Å². The Morgan fingerprint density at radius 1 is 1.07 bits per heavy atom. The summed E-state index contributed by atoms with van der Waals surface area (Å²) in [5.41, 5.74) is 1.71. The lowest BCUT2D eigenvalue weighted by Gasteiger charge is -2.17. The van der Waals surface area contributed by atoms with Crippen LogP contribution in [0.25, 0.3) is 11.0 Å². The average Bonchev–Trinajstić information content (AvgIpc) is 3.08. The van der Waals surface area contributed by atoms with Crippen LogP contribution in [0.3, 0.4) is 0 Å². The SMILES string of the molecule is COc1ccc(OCCn2c(CCCNC(=O)C(C)(C)C)nc3ccccc32)cc1. The molecule has 0 atom stereocenters. The summed E-state index contributed by atoms with van der Waals surface area (Å²) in [7, 11) is 1.65. The number of rotatable bonds is 9. The molecule has 2 aromatic carbocycles. The molecule has 0 radical (unpaired) electrons. The number of ether oxygens (including phenoxy) is 2. The fourth-order valence-corrected chi connectivity index (χ4v) is 3.21. The number of aromatic nitrogens is 2. The van der Waals surface area contributed by atoms with Gasteiger partial charge in [0.2, 0.25) is 5.91 Å². The first kappa shape index (κ1) is 21.7. The van der Waals surface area contributed by atoms with Crippen molar-refractivity contribution in [2.45, 2.75) is 40.2 Å². The predicted molar refractivity (Wildman–Crippen MR) is 119 cm³/mol. The number of carbonyl (C=O) groups is 1. The fourth-order valence-electron chi connectivity index (χ4n) is 3.21. The van der Waals surface area contributed by atoms with Crippen molar-refractivity contribution in [3.63, 3.8) is 0 Å². The molecule has 3 rings (SSSR count). The van der Waals surface area contributed by atoms with Crippen LogP contribution < -0.4 is 14.8 Å². The summed E-state index contributed by atoms with van der Waals surface area (Å²) in [6.45, 7) is 7.65. The molecule has 6 nitrogen and oxygen atoms in total. The number of methoxy groups -OCH3 is 1. The van der Waals surface area contributed by atoms with E-state index in [2.05, 4.69) is 16.0 Å². The van der Waals surface area contributed by atoms with Crippen LogP contribution in [0.2, 0.25) is 0 Å². The second-order valence-corrected chi connectivity index (χ2v) is 8.30. The number of nitrogens with one attached hydrogen (secondary N) is 1. The van der Waals surface area contributed by atoms with Gasteiger partial charge in [0.1, 0.15) is 23.9 Å². The van der Waals surface area contributed by atoms with Gasteiger partial charge < -0.3 is 19.4 Å². The van der Waals surface area contributed by atoms with Crippen LogP contribution >= 0.6 is 0 Å². The Morgan fingerprint density at radius 2 is 1.77 bits per heavy atom. The van der Waals surface area contributed by atoms with E-state index >= 15 is 0 Å². The molecule has 0 aliphatic rings. The fraction of sp³-hybridized carbons (Fsp3) is 0.417. The quantitative estimate of drug-likeness (QED) is 0.538. The molecule has 0 aliphatic carbocycles. The molecule has 1 amide bonds. The van der Waals surface area contributed by atoms with Crippen LogP contribution in [0.15, 0.2) is 48.5 Å². The lowest BCUT2D eigenvalue weighted by atomic mass is 9.96. The Labute approximate surface area is 178 Å². The highest BCUT2D eigenvalue weighted by molar-refractivity contribution is 5.81. The third-order valence-electron chi connectivity index (χ3n) is 4.92. The molecular weight excluding hydrogens is 378 g/mol. The number of para-hydroxylation sites is 2. The van der Waals surface area contributed by atoms with Crippen molar-refractivity contribution in [2.75, 3.05) is 20.3 Å². The minimum Gasteiger partial charge on any atom is -0.497 e. The molecule has 0 saturated heterocycles. The van der Waals surface area contributed by atoms with Gasteiger partial charge in [-0.3, -0.25) is 4.79 Å². The molecule has 1 N–H and O–H groups in total. The van der Waals surface area contributed by atoms with Crippen LogP contribution in [-0.2, 0) is 17.8 Å². The second kappa shape index (κ2) is 9.65. The van der Waals surface area contributed by atoms with Gasteiger partial charge >= 0.3 is 0 Å². The van der Waals surface area contributed by atoms with Crippen molar-refractivity contribution in [3.05, 3.63) is 54.4 Å². The first-order valence-electron chi connectivity index (χ1n) is 10.4. The summed E-state index contributed by atoms with van der Waals surface area (Å²) in [4.78, 5) is 16.8. The molecule has 0 fully saturated rings. The van der Waals surface area contributed by atoms with E-state index in [0.717, 1.165) is 41.2 Å². The molecule has 6 heteroatoms. The molecule has 1 aromatic heterocycles. The van der Waals surface area contributed by atoms with Gasteiger partial charge in [-0.25, -0.2) is 4.98 Å². The molecule has 0 bridgehead atoms. The van der Waals surface area contributed by atoms with Crippen molar-refractivity contribution in [1.82, 2.24) is 14.9 Å². The summed E-state index contributed by atoms with van der Waals surface area (Å²) < 4.78 is 13.3. The standard InChI is InChI=1S/C24H31N3O3/c1-24(2,3)23(28)25-15-7-10-22-26-20-8-5-6-9-21(20)27(22)16-17-30-19-13-11-18(29-4)12-14-19/h5-6,8-9,11-14H,7,10,15-17H2,1-4H3,(H,25,28). The summed E-state index contributed by atoms with van der Waals surface area (Å²) in [5.74, 6) is 2.71. The zero-order valence-corrected chi connectivity index (χ0v) is 18.3. The Morgan fingerprint density at radius 3 is 2.47 bits per heavy atom. The van der Waals surface area contributed by atoms with Crippen molar-refractivity contribution in [3.8, 4) is 11.5 Å². The summed E-state index contributed by atoms with van der Waals surface area (Å²) in [6, 6.07) is 15.7. The van der Waals surface area contributed by atoms with Gasteiger partial charge in [0.15, 0.2) is 0 Å². The zero-order chi connectivity index (χ0) is 21.6. The van der Waals surface area contributed by atoms with Crippen LogP contribution in [0, 0.1) is 5.41 Å². The minimum absolute atomic E-state index is 0.0731. The van der Waals surface area contributed by atoms with E-state index < -0.39 is 0 Å². The Kier molecular flexibility index (Phi) is 6.98. The van der Waals surface area contributed by atoms with Crippen LogP contribution in [0.4, 0.5) is 0 Å². The van der Waals surface area contributed by atoms with E-state index in [1.54, 1.807) is 7.11 Å². The molecule has 3 aromatic rings. The first-order valence-corrected chi connectivity index (χ1v) is 10.4. The maximum Gasteiger partial charge on any atom is 0.225 e. The molecule has 0 saturated carbocycles. The number of carbonyl (C=O) groups excluding carboxylic acids is 1. The van der Waals surface area contributed by atoms with Gasteiger partial charge in [-0.05, 0) is 42.8 Å². The largest absolute Gasteiger partial charge is 0.497 e.